The number of aromatic nitrogens is 1. The average Bonchev–Trinajstić information content (AvgIpc) is 2.63. The van der Waals surface area contributed by atoms with E-state index in [0.29, 0.717) is 11.5 Å². The molecule has 1 aromatic heterocycles. The molecule has 1 heterocycles. The van der Waals surface area contributed by atoms with Gasteiger partial charge in [-0.1, -0.05) is 30.3 Å². The van der Waals surface area contributed by atoms with Crippen molar-refractivity contribution in [3.63, 3.8) is 0 Å². The summed E-state index contributed by atoms with van der Waals surface area (Å²) in [5, 5.41) is 12.0. The molecule has 1 saturated carbocycles. The zero-order chi connectivity index (χ0) is 16.9. The quantitative estimate of drug-likeness (QED) is 0.905. The number of pyridine rings is 1. The van der Waals surface area contributed by atoms with Gasteiger partial charge in [0.1, 0.15) is 5.69 Å². The van der Waals surface area contributed by atoms with E-state index < -0.39 is 5.97 Å². The van der Waals surface area contributed by atoms with Gasteiger partial charge in [0.05, 0.1) is 0 Å². The summed E-state index contributed by atoms with van der Waals surface area (Å²) in [6.45, 7) is 0. The minimum Gasteiger partial charge on any atom is -0.477 e. The van der Waals surface area contributed by atoms with Crippen molar-refractivity contribution >= 4 is 11.9 Å². The van der Waals surface area contributed by atoms with Crippen molar-refractivity contribution in [2.24, 2.45) is 0 Å². The Morgan fingerprint density at radius 2 is 1.75 bits per heavy atom. The van der Waals surface area contributed by atoms with Crippen molar-refractivity contribution in [3.05, 3.63) is 65.5 Å². The number of benzene rings is 1. The largest absolute Gasteiger partial charge is 0.477 e. The first kappa shape index (κ1) is 16.2. The van der Waals surface area contributed by atoms with Gasteiger partial charge in [0.2, 0.25) is 0 Å². The molecule has 1 aliphatic carbocycles. The summed E-state index contributed by atoms with van der Waals surface area (Å²) >= 11 is 0. The van der Waals surface area contributed by atoms with Crippen molar-refractivity contribution in [1.82, 2.24) is 10.3 Å². The molecule has 1 fully saturated rings. The number of carboxylic acid groups (broad SMARTS) is 1. The molecule has 0 radical (unpaired) electrons. The molecule has 0 unspecified atom stereocenters. The summed E-state index contributed by atoms with van der Waals surface area (Å²) in [4.78, 5) is 27.0. The van der Waals surface area contributed by atoms with Gasteiger partial charge >= 0.3 is 5.97 Å². The smallest absolute Gasteiger partial charge is 0.354 e. The highest BCUT2D eigenvalue weighted by atomic mass is 16.4. The highest BCUT2D eigenvalue weighted by Gasteiger charge is 2.24. The molecule has 1 amide bonds. The highest BCUT2D eigenvalue weighted by Crippen LogP contribution is 2.32. The summed E-state index contributed by atoms with van der Waals surface area (Å²) in [6, 6.07) is 13.5. The second-order valence-corrected chi connectivity index (χ2v) is 6.17. The molecule has 3 rings (SSSR count). The van der Waals surface area contributed by atoms with Crippen LogP contribution in [0.3, 0.4) is 0 Å². The highest BCUT2D eigenvalue weighted by molar-refractivity contribution is 5.96. The van der Waals surface area contributed by atoms with E-state index in [-0.39, 0.29) is 17.6 Å². The lowest BCUT2D eigenvalue weighted by Gasteiger charge is -2.29. The molecule has 0 saturated heterocycles. The fourth-order valence-electron chi connectivity index (χ4n) is 3.25. The predicted octanol–water partition coefficient (Wildman–Crippen LogP) is 3.24. The van der Waals surface area contributed by atoms with Crippen LogP contribution in [0.5, 0.6) is 0 Å². The Morgan fingerprint density at radius 1 is 1.04 bits per heavy atom. The fraction of sp³-hybridized carbons (Fsp3) is 0.316. The summed E-state index contributed by atoms with van der Waals surface area (Å²) in [6.07, 6.45) is 5.31. The van der Waals surface area contributed by atoms with Gasteiger partial charge < -0.3 is 10.4 Å². The number of hydrogen-bond donors (Lipinski definition) is 2. The van der Waals surface area contributed by atoms with Crippen LogP contribution in [0.25, 0.3) is 0 Å². The molecule has 1 aliphatic rings. The Hall–Kier alpha value is -2.69. The molecular formula is C19H20N2O3. The predicted molar refractivity (Wildman–Crippen MR) is 90.1 cm³/mol. The number of amides is 1. The number of rotatable bonds is 4. The van der Waals surface area contributed by atoms with Crippen molar-refractivity contribution < 1.29 is 14.7 Å². The Balaban J connectivity index is 1.57. The Morgan fingerprint density at radius 3 is 2.42 bits per heavy atom. The van der Waals surface area contributed by atoms with Crippen LogP contribution < -0.4 is 5.32 Å². The van der Waals surface area contributed by atoms with E-state index in [2.05, 4.69) is 34.6 Å². The number of nitrogens with one attached hydrogen (secondary N) is 1. The number of carbonyl (C=O) groups excluding carboxylic acids is 1. The Kier molecular flexibility index (Phi) is 4.89. The van der Waals surface area contributed by atoms with Crippen LogP contribution in [0.2, 0.25) is 0 Å². The van der Waals surface area contributed by atoms with Crippen LogP contribution in [0.1, 0.15) is 58.0 Å². The molecule has 0 spiro atoms. The van der Waals surface area contributed by atoms with E-state index in [0.717, 1.165) is 25.7 Å². The van der Waals surface area contributed by atoms with Crippen molar-refractivity contribution in [2.45, 2.75) is 37.6 Å². The lowest BCUT2D eigenvalue weighted by atomic mass is 9.82. The molecule has 2 N–H and O–H groups in total. The van der Waals surface area contributed by atoms with Crippen LogP contribution in [0.15, 0.2) is 48.7 Å². The van der Waals surface area contributed by atoms with Crippen molar-refractivity contribution in [2.75, 3.05) is 0 Å². The summed E-state index contributed by atoms with van der Waals surface area (Å²) in [5.74, 6) is -0.810. The lowest BCUT2D eigenvalue weighted by Crippen LogP contribution is -2.37. The summed E-state index contributed by atoms with van der Waals surface area (Å²) < 4.78 is 0. The van der Waals surface area contributed by atoms with Gasteiger partial charge in [0.15, 0.2) is 0 Å². The second kappa shape index (κ2) is 7.25. The van der Waals surface area contributed by atoms with Gasteiger partial charge in [-0.2, -0.15) is 0 Å². The third kappa shape index (κ3) is 3.79. The van der Waals surface area contributed by atoms with Crippen LogP contribution >= 0.6 is 0 Å². The lowest BCUT2D eigenvalue weighted by molar-refractivity contribution is 0.0690. The molecular weight excluding hydrogens is 304 g/mol. The molecule has 1 aromatic carbocycles. The monoisotopic (exact) mass is 324 g/mol. The Bertz CT molecular complexity index is 722. The summed E-state index contributed by atoms with van der Waals surface area (Å²) in [7, 11) is 0. The van der Waals surface area contributed by atoms with Crippen molar-refractivity contribution in [1.29, 1.82) is 0 Å². The minimum atomic E-state index is -1.13. The van der Waals surface area contributed by atoms with Crippen LogP contribution in [-0.4, -0.2) is 28.0 Å². The average molecular weight is 324 g/mol. The first-order chi connectivity index (χ1) is 11.6. The number of aromatic carboxylic acids is 1. The SMILES string of the molecule is O=C(NC1CCC(c2ccccc2)CC1)c1ccnc(C(=O)O)c1. The first-order valence-corrected chi connectivity index (χ1v) is 8.18. The molecule has 124 valence electrons. The van der Waals surface area contributed by atoms with E-state index in [4.69, 9.17) is 5.11 Å². The van der Waals surface area contributed by atoms with Crippen LogP contribution in [-0.2, 0) is 0 Å². The zero-order valence-electron chi connectivity index (χ0n) is 13.3. The van der Waals surface area contributed by atoms with Gasteiger partial charge in [0.25, 0.3) is 5.91 Å². The van der Waals surface area contributed by atoms with E-state index in [1.165, 1.54) is 23.9 Å². The first-order valence-electron chi connectivity index (χ1n) is 8.18. The van der Waals surface area contributed by atoms with E-state index in [9.17, 15) is 9.59 Å². The molecule has 0 aliphatic heterocycles. The standard InChI is InChI=1S/C19H20N2O3/c22-18(15-10-11-20-17(12-15)19(23)24)21-16-8-6-14(7-9-16)13-4-2-1-3-5-13/h1-5,10-12,14,16H,6-9H2,(H,21,22)(H,23,24). The minimum absolute atomic E-state index is 0.115. The number of nitrogens with zero attached hydrogens (tertiary/aromatic N) is 1. The topological polar surface area (TPSA) is 79.3 Å². The number of hydrogen-bond acceptors (Lipinski definition) is 3. The van der Waals surface area contributed by atoms with E-state index in [1.807, 2.05) is 6.07 Å². The van der Waals surface area contributed by atoms with Gasteiger partial charge in [-0.3, -0.25) is 4.79 Å². The van der Waals surface area contributed by atoms with Gasteiger partial charge in [-0.25, -0.2) is 9.78 Å². The third-order valence-electron chi connectivity index (χ3n) is 4.57. The zero-order valence-corrected chi connectivity index (χ0v) is 13.3. The Labute approximate surface area is 140 Å². The van der Waals surface area contributed by atoms with Crippen molar-refractivity contribution in [3.8, 4) is 0 Å². The number of carboxylic acids is 1. The van der Waals surface area contributed by atoms with Crippen LogP contribution in [0.4, 0.5) is 0 Å². The summed E-state index contributed by atoms with van der Waals surface area (Å²) in [5.41, 5.74) is 1.59. The molecule has 24 heavy (non-hydrogen) atoms. The maximum absolute atomic E-state index is 12.3. The van der Waals surface area contributed by atoms with Gasteiger partial charge in [-0.05, 0) is 49.3 Å². The molecule has 5 heteroatoms. The third-order valence-corrected chi connectivity index (χ3v) is 4.57. The van der Waals surface area contributed by atoms with Gasteiger partial charge in [-0.15, -0.1) is 0 Å². The van der Waals surface area contributed by atoms with E-state index in [1.54, 1.807) is 0 Å². The van der Waals surface area contributed by atoms with Gasteiger partial charge in [0, 0.05) is 17.8 Å². The van der Waals surface area contributed by atoms with Crippen LogP contribution in [0, 0.1) is 0 Å². The molecule has 5 nitrogen and oxygen atoms in total. The normalized spacial score (nSPS) is 20.3. The molecule has 0 bridgehead atoms. The maximum atomic E-state index is 12.3. The molecule has 0 atom stereocenters. The fourth-order valence-corrected chi connectivity index (χ4v) is 3.25. The molecule has 2 aromatic rings. The second-order valence-electron chi connectivity index (χ2n) is 6.17. The number of carbonyl (C=O) groups is 2. The van der Waals surface area contributed by atoms with E-state index >= 15 is 0 Å². The maximum Gasteiger partial charge on any atom is 0.354 e.